The summed E-state index contributed by atoms with van der Waals surface area (Å²) < 4.78 is 0. The van der Waals surface area contributed by atoms with Crippen molar-refractivity contribution in [2.45, 2.75) is 37.5 Å². The molecule has 0 atom stereocenters. The third kappa shape index (κ3) is 4.05. The van der Waals surface area contributed by atoms with E-state index in [1.807, 2.05) is 18.2 Å². The van der Waals surface area contributed by atoms with Crippen molar-refractivity contribution < 1.29 is 0 Å². The largest absolute Gasteiger partial charge is 0.384 e. The van der Waals surface area contributed by atoms with Gasteiger partial charge in [0.2, 0.25) is 0 Å². The Morgan fingerprint density at radius 1 is 1.14 bits per heavy atom. The van der Waals surface area contributed by atoms with E-state index < -0.39 is 0 Å². The number of rotatable bonds is 6. The molecule has 0 aliphatic carbocycles. The average molecular weight is 209 g/mol. The summed E-state index contributed by atoms with van der Waals surface area (Å²) >= 11 is 4.38. The number of hydrogen-bond acceptors (Lipinski definition) is 2. The second kappa shape index (κ2) is 6.77. The molecule has 0 radical (unpaired) electrons. The second-order valence-electron chi connectivity index (χ2n) is 3.50. The van der Waals surface area contributed by atoms with Gasteiger partial charge in [0.25, 0.3) is 0 Å². The van der Waals surface area contributed by atoms with Crippen molar-refractivity contribution >= 4 is 18.3 Å². The maximum absolute atomic E-state index is 4.38. The third-order valence-corrected chi connectivity index (χ3v) is 2.64. The molecule has 14 heavy (non-hydrogen) atoms. The van der Waals surface area contributed by atoms with Crippen molar-refractivity contribution in [2.24, 2.45) is 0 Å². The third-order valence-electron chi connectivity index (χ3n) is 2.25. The molecular weight excluding hydrogens is 190 g/mol. The Labute approximate surface area is 92.3 Å². The summed E-state index contributed by atoms with van der Waals surface area (Å²) in [5.74, 6) is 0. The molecule has 1 aromatic carbocycles. The normalized spacial score (nSPS) is 10.1. The van der Waals surface area contributed by atoms with Crippen molar-refractivity contribution in [1.29, 1.82) is 0 Å². The van der Waals surface area contributed by atoms with E-state index in [-0.39, 0.29) is 0 Å². The van der Waals surface area contributed by atoms with Gasteiger partial charge in [-0.25, -0.2) is 0 Å². The molecule has 0 saturated heterocycles. The predicted octanol–water partition coefficient (Wildman–Crippen LogP) is 3.97. The Morgan fingerprint density at radius 3 is 2.64 bits per heavy atom. The molecule has 0 spiro atoms. The molecular formula is C12H19NS. The fourth-order valence-corrected chi connectivity index (χ4v) is 1.64. The van der Waals surface area contributed by atoms with E-state index >= 15 is 0 Å². The first kappa shape index (κ1) is 11.4. The summed E-state index contributed by atoms with van der Waals surface area (Å²) in [5, 5.41) is 3.40. The van der Waals surface area contributed by atoms with Gasteiger partial charge in [-0.15, -0.1) is 12.6 Å². The highest BCUT2D eigenvalue weighted by Crippen LogP contribution is 2.18. The zero-order chi connectivity index (χ0) is 10.2. The number of thiol groups is 1. The molecule has 0 unspecified atom stereocenters. The Bertz CT molecular complexity index is 260. The lowest BCUT2D eigenvalue weighted by Crippen LogP contribution is -2.01. The number of benzene rings is 1. The first-order valence-electron chi connectivity index (χ1n) is 5.36. The van der Waals surface area contributed by atoms with E-state index in [1.165, 1.54) is 25.7 Å². The molecule has 78 valence electrons. The second-order valence-corrected chi connectivity index (χ2v) is 3.99. The molecule has 1 nitrogen and oxygen atoms in total. The smallest absolute Gasteiger partial charge is 0.0475 e. The summed E-state index contributed by atoms with van der Waals surface area (Å²) in [6, 6.07) is 8.12. The van der Waals surface area contributed by atoms with E-state index in [4.69, 9.17) is 0 Å². The Morgan fingerprint density at radius 2 is 1.93 bits per heavy atom. The molecule has 0 amide bonds. The van der Waals surface area contributed by atoms with Gasteiger partial charge in [0.15, 0.2) is 0 Å². The van der Waals surface area contributed by atoms with Crippen LogP contribution in [0.5, 0.6) is 0 Å². The van der Waals surface area contributed by atoms with Gasteiger partial charge in [0, 0.05) is 17.1 Å². The predicted molar refractivity (Wildman–Crippen MR) is 66.3 cm³/mol. The first-order valence-corrected chi connectivity index (χ1v) is 5.81. The van der Waals surface area contributed by atoms with Gasteiger partial charge in [-0.2, -0.15) is 0 Å². The van der Waals surface area contributed by atoms with E-state index in [9.17, 15) is 0 Å². The van der Waals surface area contributed by atoms with Crippen LogP contribution in [-0.4, -0.2) is 6.54 Å². The highest BCUT2D eigenvalue weighted by Gasteiger charge is 1.95. The van der Waals surface area contributed by atoms with E-state index in [0.717, 1.165) is 17.1 Å². The number of unbranched alkanes of at least 4 members (excludes halogenated alkanes) is 3. The van der Waals surface area contributed by atoms with E-state index in [2.05, 4.69) is 30.9 Å². The van der Waals surface area contributed by atoms with Crippen LogP contribution < -0.4 is 5.32 Å². The summed E-state index contributed by atoms with van der Waals surface area (Å²) in [4.78, 5) is 1.03. The SMILES string of the molecule is CCCCCCNc1ccccc1S. The molecule has 0 saturated carbocycles. The average Bonchev–Trinajstić information content (AvgIpc) is 2.20. The summed E-state index contributed by atoms with van der Waals surface area (Å²) in [5.41, 5.74) is 1.15. The minimum Gasteiger partial charge on any atom is -0.384 e. The molecule has 0 fully saturated rings. The zero-order valence-corrected chi connectivity index (χ0v) is 9.69. The highest BCUT2D eigenvalue weighted by atomic mass is 32.1. The Balaban J connectivity index is 2.21. The lowest BCUT2D eigenvalue weighted by molar-refractivity contribution is 0.684. The molecule has 0 bridgehead atoms. The number of para-hydroxylation sites is 1. The van der Waals surface area contributed by atoms with Gasteiger partial charge in [-0.05, 0) is 18.6 Å². The molecule has 0 aromatic heterocycles. The maximum Gasteiger partial charge on any atom is 0.0475 e. The Kier molecular flexibility index (Phi) is 5.53. The lowest BCUT2D eigenvalue weighted by Gasteiger charge is -2.07. The van der Waals surface area contributed by atoms with Crippen molar-refractivity contribution in [3.63, 3.8) is 0 Å². The lowest BCUT2D eigenvalue weighted by atomic mass is 10.2. The van der Waals surface area contributed by atoms with E-state index in [1.54, 1.807) is 0 Å². The van der Waals surface area contributed by atoms with Crippen molar-refractivity contribution in [1.82, 2.24) is 0 Å². The number of anilines is 1. The van der Waals surface area contributed by atoms with Crippen molar-refractivity contribution in [3.05, 3.63) is 24.3 Å². The molecule has 1 aromatic rings. The summed E-state index contributed by atoms with van der Waals surface area (Å²) in [7, 11) is 0. The van der Waals surface area contributed by atoms with Crippen LogP contribution in [0.25, 0.3) is 0 Å². The van der Waals surface area contributed by atoms with Gasteiger partial charge in [-0.1, -0.05) is 38.3 Å². The van der Waals surface area contributed by atoms with Gasteiger partial charge >= 0.3 is 0 Å². The van der Waals surface area contributed by atoms with E-state index in [0.29, 0.717) is 0 Å². The molecule has 1 N–H and O–H groups in total. The topological polar surface area (TPSA) is 12.0 Å². The minimum atomic E-state index is 1.03. The van der Waals surface area contributed by atoms with Gasteiger partial charge < -0.3 is 5.32 Å². The molecule has 2 heteroatoms. The van der Waals surface area contributed by atoms with Crippen LogP contribution in [0.15, 0.2) is 29.2 Å². The van der Waals surface area contributed by atoms with Crippen LogP contribution in [0.3, 0.4) is 0 Å². The maximum atomic E-state index is 4.38. The van der Waals surface area contributed by atoms with Crippen LogP contribution in [0.4, 0.5) is 5.69 Å². The number of hydrogen-bond donors (Lipinski definition) is 2. The summed E-state index contributed by atoms with van der Waals surface area (Å²) in [6.45, 7) is 3.29. The fraction of sp³-hybridized carbons (Fsp3) is 0.500. The van der Waals surface area contributed by atoms with Crippen LogP contribution in [0, 0.1) is 0 Å². The monoisotopic (exact) mass is 209 g/mol. The van der Waals surface area contributed by atoms with Crippen molar-refractivity contribution in [2.75, 3.05) is 11.9 Å². The zero-order valence-electron chi connectivity index (χ0n) is 8.79. The fourth-order valence-electron chi connectivity index (χ4n) is 1.40. The molecule has 1 rings (SSSR count). The van der Waals surface area contributed by atoms with Crippen LogP contribution in [0.2, 0.25) is 0 Å². The van der Waals surface area contributed by atoms with Crippen LogP contribution in [0.1, 0.15) is 32.6 Å². The number of nitrogens with one attached hydrogen (secondary N) is 1. The van der Waals surface area contributed by atoms with Crippen LogP contribution in [-0.2, 0) is 0 Å². The Hall–Kier alpha value is -0.630. The quantitative estimate of drug-likeness (QED) is 0.533. The van der Waals surface area contributed by atoms with Gasteiger partial charge in [-0.3, -0.25) is 0 Å². The van der Waals surface area contributed by atoms with Crippen molar-refractivity contribution in [3.8, 4) is 0 Å². The molecule has 0 aliphatic rings. The first-order chi connectivity index (χ1) is 6.84. The minimum absolute atomic E-state index is 1.03. The van der Waals surface area contributed by atoms with Gasteiger partial charge in [0.05, 0.1) is 0 Å². The standard InChI is InChI=1S/C12H19NS/c1-2-3-4-7-10-13-11-8-5-6-9-12(11)14/h5-6,8-9,13-14H,2-4,7,10H2,1H3. The molecule has 0 heterocycles. The summed E-state index contributed by atoms with van der Waals surface area (Å²) in [6.07, 6.45) is 5.20. The highest BCUT2D eigenvalue weighted by molar-refractivity contribution is 7.80. The van der Waals surface area contributed by atoms with Crippen LogP contribution >= 0.6 is 12.6 Å². The molecule has 0 aliphatic heterocycles. The van der Waals surface area contributed by atoms with Gasteiger partial charge in [0.1, 0.15) is 0 Å².